The van der Waals surface area contributed by atoms with Gasteiger partial charge in [0.15, 0.2) is 5.76 Å². The van der Waals surface area contributed by atoms with Crippen molar-refractivity contribution in [2.24, 2.45) is 0 Å². The van der Waals surface area contributed by atoms with Crippen LogP contribution in [0.4, 0.5) is 0 Å². The lowest BCUT2D eigenvalue weighted by molar-refractivity contribution is -0.122. The van der Waals surface area contributed by atoms with E-state index >= 15 is 0 Å². The number of ether oxygens (including phenoxy) is 1. The molecule has 0 fully saturated rings. The van der Waals surface area contributed by atoms with Crippen LogP contribution in [0.1, 0.15) is 22.8 Å². The molecule has 5 heteroatoms. The van der Waals surface area contributed by atoms with Gasteiger partial charge < -0.3 is 9.64 Å². The molecule has 1 aromatic rings. The highest BCUT2D eigenvalue weighted by atomic mass is 16.5. The Bertz CT molecular complexity index is 589. The van der Waals surface area contributed by atoms with E-state index in [4.69, 9.17) is 4.74 Å². The van der Waals surface area contributed by atoms with E-state index in [0.29, 0.717) is 12.1 Å². The summed E-state index contributed by atoms with van der Waals surface area (Å²) in [4.78, 5) is 36.4. The van der Waals surface area contributed by atoms with E-state index in [0.717, 1.165) is 0 Å². The van der Waals surface area contributed by atoms with Crippen LogP contribution in [-0.4, -0.2) is 36.5 Å². The summed E-state index contributed by atoms with van der Waals surface area (Å²) in [6.45, 7) is 2.62. The van der Waals surface area contributed by atoms with Crippen LogP contribution in [0.5, 0.6) is 0 Å². The third-order valence-corrected chi connectivity index (χ3v) is 3.07. The van der Waals surface area contributed by atoms with E-state index in [9.17, 15) is 14.4 Å². The number of fused-ring (bicyclic) bond motifs is 1. The molecule has 0 amide bonds. The number of Topliss-reactive ketones (excluding diaryl/α,β-unsaturated/α-hetero) is 2. The predicted octanol–water partition coefficient (Wildman–Crippen LogP) is 1.25. The molecule has 0 radical (unpaired) electrons. The van der Waals surface area contributed by atoms with Crippen LogP contribution in [-0.2, 0) is 14.3 Å². The van der Waals surface area contributed by atoms with Crippen molar-refractivity contribution in [3.63, 3.8) is 0 Å². The van der Waals surface area contributed by atoms with Gasteiger partial charge in [0, 0.05) is 24.7 Å². The fraction of sp³-hybridized carbons (Fsp3) is 0.214. The fourth-order valence-electron chi connectivity index (χ4n) is 2.01. The molecular weight excluding hydrogens is 246 g/mol. The summed E-state index contributed by atoms with van der Waals surface area (Å²) in [5, 5.41) is 0. The van der Waals surface area contributed by atoms with Gasteiger partial charge in [-0.15, -0.1) is 0 Å². The quantitative estimate of drug-likeness (QED) is 0.601. The minimum atomic E-state index is -0.653. The topological polar surface area (TPSA) is 63.7 Å². The normalized spacial score (nSPS) is 14.2. The first-order valence-electron chi connectivity index (χ1n) is 5.86. The molecule has 0 N–H and O–H groups in total. The number of rotatable bonds is 4. The second-order valence-corrected chi connectivity index (χ2v) is 4.11. The highest BCUT2D eigenvalue weighted by Crippen LogP contribution is 2.31. The van der Waals surface area contributed by atoms with Crippen molar-refractivity contribution in [2.45, 2.75) is 6.92 Å². The Morgan fingerprint density at radius 2 is 1.79 bits per heavy atom. The number of carbonyl (C=O) groups excluding carboxylic acids is 3. The monoisotopic (exact) mass is 259 g/mol. The van der Waals surface area contributed by atoms with Gasteiger partial charge in [0.1, 0.15) is 5.70 Å². The molecular formula is C14H13NO4. The summed E-state index contributed by atoms with van der Waals surface area (Å²) in [5.41, 5.74) is 0.852. The first-order chi connectivity index (χ1) is 9.11. The van der Waals surface area contributed by atoms with Crippen LogP contribution in [0.3, 0.4) is 0 Å². The van der Waals surface area contributed by atoms with Crippen molar-refractivity contribution >= 4 is 23.8 Å². The van der Waals surface area contributed by atoms with Gasteiger partial charge in [-0.05, 0) is 6.92 Å². The minimum Gasteiger partial charge on any atom is -0.426 e. The van der Waals surface area contributed by atoms with Gasteiger partial charge in [0.25, 0.3) is 12.3 Å². The van der Waals surface area contributed by atoms with E-state index in [1.807, 2.05) is 6.92 Å². The summed E-state index contributed by atoms with van der Waals surface area (Å²) >= 11 is 0. The van der Waals surface area contributed by atoms with Gasteiger partial charge in [0.05, 0.1) is 0 Å². The van der Waals surface area contributed by atoms with Gasteiger partial charge in [-0.3, -0.25) is 14.4 Å². The zero-order valence-corrected chi connectivity index (χ0v) is 10.7. The molecule has 0 saturated carbocycles. The Morgan fingerprint density at radius 3 is 2.37 bits per heavy atom. The van der Waals surface area contributed by atoms with Crippen LogP contribution < -0.4 is 0 Å². The Morgan fingerprint density at radius 1 is 1.16 bits per heavy atom. The first kappa shape index (κ1) is 13.0. The third-order valence-electron chi connectivity index (χ3n) is 3.07. The molecule has 0 aliphatic heterocycles. The zero-order chi connectivity index (χ0) is 14.0. The van der Waals surface area contributed by atoms with Gasteiger partial charge in [-0.2, -0.15) is 0 Å². The molecule has 98 valence electrons. The van der Waals surface area contributed by atoms with E-state index in [-0.39, 0.29) is 23.5 Å². The third kappa shape index (κ3) is 2.03. The number of ketones is 2. The lowest BCUT2D eigenvalue weighted by atomic mass is 9.91. The Labute approximate surface area is 110 Å². The molecule has 1 aromatic carbocycles. The molecule has 0 spiro atoms. The molecule has 0 bridgehead atoms. The van der Waals surface area contributed by atoms with E-state index in [1.54, 1.807) is 36.2 Å². The van der Waals surface area contributed by atoms with E-state index < -0.39 is 11.6 Å². The summed E-state index contributed by atoms with van der Waals surface area (Å²) in [6, 6.07) is 6.59. The number of hydrogen-bond acceptors (Lipinski definition) is 5. The summed E-state index contributed by atoms with van der Waals surface area (Å²) in [7, 11) is 1.67. The Balaban J connectivity index is 2.72. The minimum absolute atomic E-state index is 0.123. The maximum absolute atomic E-state index is 12.1. The SMILES string of the molecule is CCN(C)C1=C(OC=O)c2ccccc2C(=O)C1=O. The molecule has 19 heavy (non-hydrogen) atoms. The van der Waals surface area contributed by atoms with Crippen molar-refractivity contribution in [3.8, 4) is 0 Å². The van der Waals surface area contributed by atoms with Crippen LogP contribution in [0.25, 0.3) is 5.76 Å². The fourth-order valence-corrected chi connectivity index (χ4v) is 2.01. The van der Waals surface area contributed by atoms with Crippen LogP contribution >= 0.6 is 0 Å². The van der Waals surface area contributed by atoms with Crippen LogP contribution in [0.2, 0.25) is 0 Å². The van der Waals surface area contributed by atoms with Crippen molar-refractivity contribution in [2.75, 3.05) is 13.6 Å². The lowest BCUT2D eigenvalue weighted by Gasteiger charge is -2.26. The number of allylic oxidation sites excluding steroid dienone is 1. The maximum atomic E-state index is 12.1. The summed E-state index contributed by atoms with van der Waals surface area (Å²) in [6.07, 6.45) is 0. The molecule has 1 aliphatic rings. The second-order valence-electron chi connectivity index (χ2n) is 4.11. The second kappa shape index (κ2) is 5.06. The Kier molecular flexibility index (Phi) is 3.46. The van der Waals surface area contributed by atoms with Gasteiger partial charge in [-0.25, -0.2) is 0 Å². The number of benzene rings is 1. The molecule has 0 unspecified atom stereocenters. The number of nitrogens with zero attached hydrogens (tertiary/aromatic N) is 1. The molecule has 2 rings (SSSR count). The molecule has 5 nitrogen and oxygen atoms in total. The maximum Gasteiger partial charge on any atom is 0.298 e. The van der Waals surface area contributed by atoms with Crippen molar-refractivity contribution in [1.29, 1.82) is 0 Å². The molecule has 0 aromatic heterocycles. The lowest BCUT2D eigenvalue weighted by Crippen LogP contribution is -2.33. The number of hydrogen-bond donors (Lipinski definition) is 0. The summed E-state index contributed by atoms with van der Waals surface area (Å²) in [5.74, 6) is -1.09. The first-order valence-corrected chi connectivity index (χ1v) is 5.86. The van der Waals surface area contributed by atoms with Crippen molar-refractivity contribution < 1.29 is 19.1 Å². The van der Waals surface area contributed by atoms with Gasteiger partial charge in [0.2, 0.25) is 5.78 Å². The van der Waals surface area contributed by atoms with Crippen molar-refractivity contribution in [3.05, 3.63) is 41.1 Å². The average Bonchev–Trinajstić information content (AvgIpc) is 2.44. The summed E-state index contributed by atoms with van der Waals surface area (Å²) < 4.78 is 4.95. The molecule has 0 saturated heterocycles. The van der Waals surface area contributed by atoms with E-state index in [2.05, 4.69) is 0 Å². The van der Waals surface area contributed by atoms with Gasteiger partial charge in [-0.1, -0.05) is 24.3 Å². The van der Waals surface area contributed by atoms with Crippen LogP contribution in [0, 0.1) is 0 Å². The number of carbonyl (C=O) groups is 3. The molecule has 0 atom stereocenters. The highest BCUT2D eigenvalue weighted by Gasteiger charge is 2.35. The van der Waals surface area contributed by atoms with E-state index in [1.165, 1.54) is 0 Å². The zero-order valence-electron chi connectivity index (χ0n) is 10.7. The average molecular weight is 259 g/mol. The Hall–Kier alpha value is -2.43. The largest absolute Gasteiger partial charge is 0.426 e. The van der Waals surface area contributed by atoms with Crippen LogP contribution in [0.15, 0.2) is 30.0 Å². The predicted molar refractivity (Wildman–Crippen MR) is 68.2 cm³/mol. The van der Waals surface area contributed by atoms with Gasteiger partial charge >= 0.3 is 0 Å². The standard InChI is InChI=1S/C14H13NO4/c1-3-15(2)11-13(18)12(17)9-6-4-5-7-10(9)14(11)19-8-16/h4-8H,3H2,1-2H3. The smallest absolute Gasteiger partial charge is 0.298 e. The van der Waals surface area contributed by atoms with Crippen molar-refractivity contribution in [1.82, 2.24) is 4.90 Å². The molecule has 1 aliphatic carbocycles. The number of likely N-dealkylation sites (N-methyl/N-ethyl adjacent to an activating group) is 1. The molecule has 0 heterocycles. The highest BCUT2D eigenvalue weighted by molar-refractivity contribution is 6.52.